The Morgan fingerprint density at radius 3 is 3.09 bits per heavy atom. The zero-order valence-corrected chi connectivity index (χ0v) is 13.6. The lowest BCUT2D eigenvalue weighted by Gasteiger charge is -2.01. The van der Waals surface area contributed by atoms with Crippen molar-refractivity contribution in [2.75, 3.05) is 0 Å². The van der Waals surface area contributed by atoms with Crippen LogP contribution < -0.4 is 0 Å². The Morgan fingerprint density at radius 1 is 1.36 bits per heavy atom. The molecular weight excluding hydrogens is 316 g/mol. The van der Waals surface area contributed by atoms with E-state index in [0.29, 0.717) is 5.92 Å². The third-order valence-corrected chi connectivity index (χ3v) is 5.66. The maximum Gasteiger partial charge on any atom is 0.208 e. The van der Waals surface area contributed by atoms with Gasteiger partial charge in [0.15, 0.2) is 5.76 Å². The number of thiophene rings is 1. The second-order valence-corrected chi connectivity index (χ2v) is 7.32. The minimum atomic E-state index is 0.569. The van der Waals surface area contributed by atoms with Gasteiger partial charge in [0.25, 0.3) is 0 Å². The van der Waals surface area contributed by atoms with E-state index in [1.807, 2.05) is 23.6 Å². The van der Waals surface area contributed by atoms with Crippen molar-refractivity contribution in [3.8, 4) is 10.6 Å². The van der Waals surface area contributed by atoms with Gasteiger partial charge in [-0.25, -0.2) is 4.98 Å². The predicted molar refractivity (Wildman–Crippen MR) is 87.0 cm³/mol. The van der Waals surface area contributed by atoms with Crippen LogP contribution in [0.1, 0.15) is 43.1 Å². The van der Waals surface area contributed by atoms with E-state index in [1.165, 1.54) is 25.7 Å². The number of H-pyrrole nitrogens is 1. The highest BCUT2D eigenvalue weighted by Gasteiger charge is 2.20. The molecule has 114 valence electrons. The molecule has 0 saturated heterocycles. The lowest BCUT2D eigenvalue weighted by atomic mass is 10.1. The number of nitrogens with zero attached hydrogens (tertiary/aromatic N) is 3. The highest BCUT2D eigenvalue weighted by Crippen LogP contribution is 2.33. The van der Waals surface area contributed by atoms with Gasteiger partial charge >= 0.3 is 0 Å². The maximum absolute atomic E-state index is 5.38. The average molecular weight is 332 g/mol. The molecule has 1 fully saturated rings. The molecule has 22 heavy (non-hydrogen) atoms. The number of rotatable bonds is 5. The molecule has 0 aliphatic heterocycles. The van der Waals surface area contributed by atoms with E-state index < -0.39 is 0 Å². The van der Waals surface area contributed by atoms with Crippen LogP contribution in [0.4, 0.5) is 0 Å². The highest BCUT2D eigenvalue weighted by molar-refractivity contribution is 7.98. The zero-order valence-electron chi connectivity index (χ0n) is 12.0. The maximum atomic E-state index is 5.38. The molecule has 1 N–H and O–H groups in total. The van der Waals surface area contributed by atoms with Gasteiger partial charge in [-0.3, -0.25) is 5.10 Å². The van der Waals surface area contributed by atoms with Crippen LogP contribution in [0, 0.1) is 0 Å². The number of hydrogen-bond acceptors (Lipinski definition) is 6. The first-order chi connectivity index (χ1) is 10.9. The van der Waals surface area contributed by atoms with Crippen molar-refractivity contribution in [1.29, 1.82) is 0 Å². The van der Waals surface area contributed by atoms with Crippen LogP contribution in [0.25, 0.3) is 10.6 Å². The molecule has 0 aromatic carbocycles. The summed E-state index contributed by atoms with van der Waals surface area (Å²) in [6, 6.07) is 6.03. The zero-order chi connectivity index (χ0) is 14.8. The van der Waals surface area contributed by atoms with E-state index >= 15 is 0 Å². The number of aromatic amines is 1. The van der Waals surface area contributed by atoms with Gasteiger partial charge in [-0.1, -0.05) is 35.8 Å². The van der Waals surface area contributed by atoms with Gasteiger partial charge in [0.2, 0.25) is 5.16 Å². The monoisotopic (exact) mass is 332 g/mol. The summed E-state index contributed by atoms with van der Waals surface area (Å²) in [5.74, 6) is 3.16. The Kier molecular flexibility index (Phi) is 3.99. The van der Waals surface area contributed by atoms with Gasteiger partial charge in [0.1, 0.15) is 5.82 Å². The molecule has 0 radical (unpaired) electrons. The Bertz CT molecular complexity index is 728. The summed E-state index contributed by atoms with van der Waals surface area (Å²) in [4.78, 5) is 5.71. The summed E-state index contributed by atoms with van der Waals surface area (Å²) >= 11 is 3.24. The highest BCUT2D eigenvalue weighted by atomic mass is 32.2. The molecule has 3 aromatic rings. The van der Waals surface area contributed by atoms with Crippen LogP contribution in [0.15, 0.2) is 33.3 Å². The Labute approximate surface area is 136 Å². The first-order valence-corrected chi connectivity index (χ1v) is 9.29. The van der Waals surface area contributed by atoms with Crippen molar-refractivity contribution in [2.24, 2.45) is 0 Å². The summed E-state index contributed by atoms with van der Waals surface area (Å²) < 4.78 is 5.38. The van der Waals surface area contributed by atoms with Gasteiger partial charge in [-0.2, -0.15) is 0 Å². The summed E-state index contributed by atoms with van der Waals surface area (Å²) in [5, 5.41) is 14.3. The van der Waals surface area contributed by atoms with Crippen LogP contribution in [0.3, 0.4) is 0 Å². The van der Waals surface area contributed by atoms with Crippen molar-refractivity contribution < 1.29 is 4.52 Å². The molecule has 1 aliphatic rings. The Balaban J connectivity index is 1.38. The van der Waals surface area contributed by atoms with Crippen LogP contribution >= 0.6 is 23.1 Å². The van der Waals surface area contributed by atoms with E-state index in [2.05, 4.69) is 20.3 Å². The fourth-order valence-electron chi connectivity index (χ4n) is 2.76. The predicted octanol–water partition coefficient (Wildman–Crippen LogP) is 4.47. The largest absolute Gasteiger partial charge is 0.355 e. The molecule has 0 unspecified atom stereocenters. The first-order valence-electron chi connectivity index (χ1n) is 7.43. The smallest absolute Gasteiger partial charge is 0.208 e. The molecule has 3 heterocycles. The topological polar surface area (TPSA) is 67.6 Å². The normalized spacial score (nSPS) is 15.6. The molecule has 1 aliphatic carbocycles. The first kappa shape index (κ1) is 14.0. The van der Waals surface area contributed by atoms with Crippen molar-refractivity contribution in [3.63, 3.8) is 0 Å². The standard InChI is InChI=1S/C15H16N4OS2/c1-2-5-10(4-1)14-16-15(18-17-14)22-9-11-8-12(20-19-11)13-6-3-7-21-13/h3,6-8,10H,1-2,4-5,9H2,(H,16,17,18). The van der Waals surface area contributed by atoms with Gasteiger partial charge < -0.3 is 4.52 Å². The fraction of sp³-hybridized carbons (Fsp3) is 0.400. The van der Waals surface area contributed by atoms with E-state index in [1.54, 1.807) is 23.1 Å². The summed E-state index contributed by atoms with van der Waals surface area (Å²) in [7, 11) is 0. The minimum absolute atomic E-state index is 0.569. The van der Waals surface area contributed by atoms with Crippen molar-refractivity contribution in [2.45, 2.75) is 42.5 Å². The molecule has 0 spiro atoms. The van der Waals surface area contributed by atoms with E-state index in [0.717, 1.165) is 33.1 Å². The number of hydrogen-bond donors (Lipinski definition) is 1. The molecule has 0 atom stereocenters. The summed E-state index contributed by atoms with van der Waals surface area (Å²) in [5.41, 5.74) is 0.917. The fourth-order valence-corrected chi connectivity index (χ4v) is 4.12. The number of aromatic nitrogens is 4. The van der Waals surface area contributed by atoms with Crippen LogP contribution in [-0.2, 0) is 5.75 Å². The van der Waals surface area contributed by atoms with E-state index in [-0.39, 0.29) is 0 Å². The van der Waals surface area contributed by atoms with Gasteiger partial charge in [0, 0.05) is 17.7 Å². The van der Waals surface area contributed by atoms with Crippen molar-refractivity contribution in [3.05, 3.63) is 35.1 Å². The quantitative estimate of drug-likeness (QED) is 0.698. The summed E-state index contributed by atoms with van der Waals surface area (Å²) in [6.07, 6.45) is 5.07. The Hall–Kier alpha value is -1.60. The second-order valence-electron chi connectivity index (χ2n) is 5.43. The molecule has 0 bridgehead atoms. The van der Waals surface area contributed by atoms with Crippen molar-refractivity contribution >= 4 is 23.1 Å². The second kappa shape index (κ2) is 6.26. The summed E-state index contributed by atoms with van der Waals surface area (Å²) in [6.45, 7) is 0. The average Bonchev–Trinajstić information content (AvgIpc) is 3.33. The molecule has 3 aromatic heterocycles. The minimum Gasteiger partial charge on any atom is -0.355 e. The van der Waals surface area contributed by atoms with Gasteiger partial charge in [-0.05, 0) is 24.3 Å². The van der Waals surface area contributed by atoms with Crippen LogP contribution in [0.5, 0.6) is 0 Å². The number of thioether (sulfide) groups is 1. The van der Waals surface area contributed by atoms with E-state index in [4.69, 9.17) is 4.52 Å². The number of nitrogens with one attached hydrogen (secondary N) is 1. The molecule has 1 saturated carbocycles. The van der Waals surface area contributed by atoms with Crippen LogP contribution in [0.2, 0.25) is 0 Å². The molecular formula is C15H16N4OS2. The van der Waals surface area contributed by atoms with Crippen LogP contribution in [-0.4, -0.2) is 20.3 Å². The SMILES string of the molecule is c1csc(-c2cc(CSc3n[nH]c(C4CCCC4)n3)no2)c1. The van der Waals surface area contributed by atoms with E-state index in [9.17, 15) is 0 Å². The van der Waals surface area contributed by atoms with Gasteiger partial charge in [-0.15, -0.1) is 16.4 Å². The molecule has 0 amide bonds. The Morgan fingerprint density at radius 2 is 2.27 bits per heavy atom. The molecule has 4 rings (SSSR count). The molecule has 5 nitrogen and oxygen atoms in total. The lowest BCUT2D eigenvalue weighted by molar-refractivity contribution is 0.427. The van der Waals surface area contributed by atoms with Gasteiger partial charge in [0.05, 0.1) is 10.6 Å². The third-order valence-electron chi connectivity index (χ3n) is 3.90. The third kappa shape index (κ3) is 2.96. The molecule has 7 heteroatoms. The van der Waals surface area contributed by atoms with Crippen molar-refractivity contribution in [1.82, 2.24) is 20.3 Å². The lowest BCUT2D eigenvalue weighted by Crippen LogP contribution is -1.94.